The normalized spacial score (nSPS) is 15.9. The molecule has 0 spiro atoms. The minimum absolute atomic E-state index is 0.0409. The van der Waals surface area contributed by atoms with Crippen LogP contribution in [-0.4, -0.2) is 35.5 Å². The van der Waals surface area contributed by atoms with Gasteiger partial charge in [0.25, 0.3) is 5.91 Å². The summed E-state index contributed by atoms with van der Waals surface area (Å²) in [7, 11) is 0. The maximum atomic E-state index is 12.6. The molecule has 1 aromatic carbocycles. The highest BCUT2D eigenvalue weighted by molar-refractivity contribution is 6.06. The lowest BCUT2D eigenvalue weighted by Crippen LogP contribution is -2.53. The van der Waals surface area contributed by atoms with E-state index in [4.69, 9.17) is 9.47 Å². The number of benzene rings is 1. The van der Waals surface area contributed by atoms with Crippen LogP contribution in [0.2, 0.25) is 0 Å². The Kier molecular flexibility index (Phi) is 4.94. The van der Waals surface area contributed by atoms with E-state index in [0.29, 0.717) is 29.4 Å². The molecule has 1 heterocycles. The first kappa shape index (κ1) is 17.3. The summed E-state index contributed by atoms with van der Waals surface area (Å²) in [6, 6.07) is 3.36. The van der Waals surface area contributed by atoms with Crippen molar-refractivity contribution in [2.75, 3.05) is 18.1 Å². The number of fused-ring (bicyclic) bond motifs is 1. The van der Waals surface area contributed by atoms with Gasteiger partial charge >= 0.3 is 0 Å². The number of Topliss-reactive ketones (excluding diaryl/α,β-unsaturated/α-hetero) is 1. The summed E-state index contributed by atoms with van der Waals surface area (Å²) in [5.41, 5.74) is -0.0327. The highest BCUT2D eigenvalue weighted by Gasteiger charge is 2.42. The lowest BCUT2D eigenvalue weighted by atomic mass is 10.0. The Hall–Kier alpha value is -2.08. The van der Waals surface area contributed by atoms with Crippen LogP contribution in [0.3, 0.4) is 0 Å². The van der Waals surface area contributed by atoms with Gasteiger partial charge in [-0.05, 0) is 44.9 Å². The van der Waals surface area contributed by atoms with Crippen molar-refractivity contribution in [1.29, 1.82) is 0 Å². The predicted octanol–water partition coefficient (Wildman–Crippen LogP) is 2.06. The van der Waals surface area contributed by atoms with Crippen molar-refractivity contribution < 1.29 is 24.2 Å². The number of hydrogen-bond acceptors (Lipinski definition) is 5. The molecule has 1 amide bonds. The first-order valence-corrected chi connectivity index (χ1v) is 7.71. The Balaban J connectivity index is 2.58. The number of carbonyl (C=O) groups is 2. The molecule has 1 aromatic rings. The summed E-state index contributed by atoms with van der Waals surface area (Å²) >= 11 is 0. The number of amides is 1. The third kappa shape index (κ3) is 3.47. The van der Waals surface area contributed by atoms with Crippen LogP contribution < -0.4 is 14.4 Å². The molecule has 126 valence electrons. The molecule has 1 aliphatic rings. The van der Waals surface area contributed by atoms with Gasteiger partial charge in [0, 0.05) is 0 Å². The van der Waals surface area contributed by atoms with E-state index < -0.39 is 5.60 Å². The number of ether oxygens (including phenoxy) is 2. The molecular weight excluding hydrogens is 298 g/mol. The standard InChI is InChI=1S/C17H23NO5/c1-5-6-22-14-8-12(10-19)7-13-15(14)23-17(3,4)16(21)18(13)9-11(2)20/h7-8,19H,5-6,9-10H2,1-4H3. The Morgan fingerprint density at radius 1 is 1.39 bits per heavy atom. The lowest BCUT2D eigenvalue weighted by molar-refractivity contribution is -0.133. The van der Waals surface area contributed by atoms with E-state index in [9.17, 15) is 14.7 Å². The fraction of sp³-hybridized carbons (Fsp3) is 0.529. The number of hydrogen-bond donors (Lipinski definition) is 1. The number of ketones is 1. The van der Waals surface area contributed by atoms with Crippen LogP contribution in [0.1, 0.15) is 39.7 Å². The van der Waals surface area contributed by atoms with Crippen molar-refractivity contribution in [2.24, 2.45) is 0 Å². The van der Waals surface area contributed by atoms with E-state index in [1.54, 1.807) is 26.0 Å². The number of anilines is 1. The monoisotopic (exact) mass is 321 g/mol. The van der Waals surface area contributed by atoms with Crippen molar-refractivity contribution in [1.82, 2.24) is 0 Å². The molecule has 0 aromatic heterocycles. The largest absolute Gasteiger partial charge is 0.490 e. The summed E-state index contributed by atoms with van der Waals surface area (Å²) in [4.78, 5) is 25.6. The molecule has 0 radical (unpaired) electrons. The molecule has 23 heavy (non-hydrogen) atoms. The molecule has 0 unspecified atom stereocenters. The van der Waals surface area contributed by atoms with Crippen LogP contribution in [0, 0.1) is 0 Å². The molecule has 6 heteroatoms. The van der Waals surface area contributed by atoms with Gasteiger partial charge in [-0.25, -0.2) is 0 Å². The second kappa shape index (κ2) is 6.58. The first-order chi connectivity index (χ1) is 10.8. The van der Waals surface area contributed by atoms with Gasteiger partial charge < -0.3 is 14.6 Å². The van der Waals surface area contributed by atoms with Gasteiger partial charge in [-0.15, -0.1) is 0 Å². The summed E-state index contributed by atoms with van der Waals surface area (Å²) in [5.74, 6) is 0.480. The molecule has 2 rings (SSSR count). The van der Waals surface area contributed by atoms with E-state index in [-0.39, 0.29) is 24.8 Å². The Labute approximate surface area is 136 Å². The third-order valence-electron chi connectivity index (χ3n) is 3.53. The summed E-state index contributed by atoms with van der Waals surface area (Å²) < 4.78 is 11.6. The van der Waals surface area contributed by atoms with Crippen molar-refractivity contribution in [3.05, 3.63) is 17.7 Å². The molecule has 1 aliphatic heterocycles. The van der Waals surface area contributed by atoms with E-state index in [0.717, 1.165) is 6.42 Å². The van der Waals surface area contributed by atoms with Crippen LogP contribution >= 0.6 is 0 Å². The van der Waals surface area contributed by atoms with E-state index in [2.05, 4.69) is 0 Å². The van der Waals surface area contributed by atoms with Crippen molar-refractivity contribution >= 4 is 17.4 Å². The van der Waals surface area contributed by atoms with Crippen molar-refractivity contribution in [3.63, 3.8) is 0 Å². The Morgan fingerprint density at radius 3 is 2.65 bits per heavy atom. The topological polar surface area (TPSA) is 76.1 Å². The van der Waals surface area contributed by atoms with Gasteiger partial charge in [0.05, 0.1) is 25.4 Å². The van der Waals surface area contributed by atoms with E-state index >= 15 is 0 Å². The van der Waals surface area contributed by atoms with Crippen LogP contribution in [-0.2, 0) is 16.2 Å². The minimum atomic E-state index is -1.09. The molecular formula is C17H23NO5. The smallest absolute Gasteiger partial charge is 0.271 e. The predicted molar refractivity (Wildman–Crippen MR) is 85.9 cm³/mol. The quantitative estimate of drug-likeness (QED) is 0.868. The minimum Gasteiger partial charge on any atom is -0.490 e. The molecule has 0 saturated heterocycles. The van der Waals surface area contributed by atoms with Crippen LogP contribution in [0.15, 0.2) is 12.1 Å². The zero-order chi connectivity index (χ0) is 17.2. The van der Waals surface area contributed by atoms with Crippen LogP contribution in [0.4, 0.5) is 5.69 Å². The summed E-state index contributed by atoms with van der Waals surface area (Å²) in [6.45, 7) is 7.00. The zero-order valence-electron chi connectivity index (χ0n) is 14.0. The van der Waals surface area contributed by atoms with Crippen molar-refractivity contribution in [3.8, 4) is 11.5 Å². The highest BCUT2D eigenvalue weighted by Crippen LogP contribution is 2.45. The van der Waals surface area contributed by atoms with Gasteiger partial charge in [0.2, 0.25) is 0 Å². The fourth-order valence-electron chi connectivity index (χ4n) is 2.47. The van der Waals surface area contributed by atoms with Gasteiger partial charge in [-0.2, -0.15) is 0 Å². The van der Waals surface area contributed by atoms with Gasteiger partial charge in [0.1, 0.15) is 5.78 Å². The zero-order valence-corrected chi connectivity index (χ0v) is 14.0. The molecule has 0 aliphatic carbocycles. The Morgan fingerprint density at radius 2 is 2.09 bits per heavy atom. The van der Waals surface area contributed by atoms with E-state index in [1.807, 2.05) is 6.92 Å². The summed E-state index contributed by atoms with van der Waals surface area (Å²) in [5, 5.41) is 9.46. The average Bonchev–Trinajstić information content (AvgIpc) is 2.49. The number of aliphatic hydroxyl groups is 1. The highest BCUT2D eigenvalue weighted by atomic mass is 16.5. The Bertz CT molecular complexity index is 624. The number of carbonyl (C=O) groups excluding carboxylic acids is 2. The van der Waals surface area contributed by atoms with E-state index in [1.165, 1.54) is 11.8 Å². The number of aliphatic hydroxyl groups excluding tert-OH is 1. The van der Waals surface area contributed by atoms with Crippen molar-refractivity contribution in [2.45, 2.75) is 46.3 Å². The molecule has 6 nitrogen and oxygen atoms in total. The third-order valence-corrected chi connectivity index (χ3v) is 3.53. The molecule has 0 bridgehead atoms. The van der Waals surface area contributed by atoms with Gasteiger partial charge in [0.15, 0.2) is 17.1 Å². The SMILES string of the molecule is CCCOc1cc(CO)cc2c1OC(C)(C)C(=O)N2CC(C)=O. The average molecular weight is 321 g/mol. The maximum absolute atomic E-state index is 12.6. The summed E-state index contributed by atoms with van der Waals surface area (Å²) in [6.07, 6.45) is 0.817. The molecule has 0 atom stereocenters. The fourth-order valence-corrected chi connectivity index (χ4v) is 2.47. The molecule has 0 saturated carbocycles. The maximum Gasteiger partial charge on any atom is 0.271 e. The second-order valence-corrected chi connectivity index (χ2v) is 6.15. The molecule has 1 N–H and O–H groups in total. The van der Waals surface area contributed by atoms with Crippen LogP contribution in [0.25, 0.3) is 0 Å². The number of nitrogens with zero attached hydrogens (tertiary/aromatic N) is 1. The molecule has 0 fully saturated rings. The van der Waals surface area contributed by atoms with Crippen LogP contribution in [0.5, 0.6) is 11.5 Å². The second-order valence-electron chi connectivity index (χ2n) is 6.15. The van der Waals surface area contributed by atoms with Gasteiger partial charge in [-0.3, -0.25) is 14.5 Å². The first-order valence-electron chi connectivity index (χ1n) is 7.71. The van der Waals surface area contributed by atoms with Gasteiger partial charge in [-0.1, -0.05) is 6.92 Å². The lowest BCUT2D eigenvalue weighted by Gasteiger charge is -2.39. The number of rotatable bonds is 6.